The van der Waals surface area contributed by atoms with Crippen LogP contribution in [0.2, 0.25) is 0 Å². The van der Waals surface area contributed by atoms with Gasteiger partial charge in [0.05, 0.1) is 12.6 Å². The van der Waals surface area contributed by atoms with E-state index >= 15 is 0 Å². The maximum Gasteiger partial charge on any atom is 0.273 e. The molecule has 0 saturated carbocycles. The van der Waals surface area contributed by atoms with Crippen molar-refractivity contribution in [3.8, 4) is 0 Å². The third kappa shape index (κ3) is 6.23. The highest BCUT2D eigenvalue weighted by Crippen LogP contribution is 2.15. The van der Waals surface area contributed by atoms with Crippen molar-refractivity contribution in [1.82, 2.24) is 15.2 Å². The fraction of sp³-hybridized carbons (Fsp3) is 0.333. The zero-order valence-electron chi connectivity index (χ0n) is 17.3. The molecule has 1 aromatic heterocycles. The van der Waals surface area contributed by atoms with E-state index in [4.69, 9.17) is 9.15 Å². The van der Waals surface area contributed by atoms with E-state index in [0.717, 1.165) is 30.6 Å². The minimum Gasteiger partial charge on any atom is -0.447 e. The molecule has 0 spiro atoms. The van der Waals surface area contributed by atoms with Crippen molar-refractivity contribution in [2.24, 2.45) is 0 Å². The third-order valence-electron chi connectivity index (χ3n) is 5.20. The Balaban J connectivity index is 1.41. The fourth-order valence-electron chi connectivity index (χ4n) is 3.68. The third-order valence-corrected chi connectivity index (χ3v) is 5.20. The Labute approximate surface area is 181 Å². The molecule has 7 heteroatoms. The minimum absolute atomic E-state index is 0.0722. The lowest BCUT2D eigenvalue weighted by Gasteiger charge is -2.21. The molecule has 1 aliphatic heterocycles. The van der Waals surface area contributed by atoms with Gasteiger partial charge in [-0.05, 0) is 36.1 Å². The quantitative estimate of drug-likeness (QED) is 0.565. The summed E-state index contributed by atoms with van der Waals surface area (Å²) in [5.41, 5.74) is 2.23. The first-order chi connectivity index (χ1) is 15.2. The topological polar surface area (TPSA) is 67.6 Å². The van der Waals surface area contributed by atoms with Gasteiger partial charge in [-0.1, -0.05) is 42.5 Å². The summed E-state index contributed by atoms with van der Waals surface area (Å²) in [7, 11) is 0. The van der Waals surface area contributed by atoms with Gasteiger partial charge in [-0.3, -0.25) is 9.69 Å². The smallest absolute Gasteiger partial charge is 0.273 e. The van der Waals surface area contributed by atoms with Gasteiger partial charge in [-0.2, -0.15) is 0 Å². The first kappa shape index (κ1) is 21.2. The molecule has 1 aliphatic rings. The maximum absolute atomic E-state index is 13.6. The van der Waals surface area contributed by atoms with Gasteiger partial charge >= 0.3 is 0 Å². The summed E-state index contributed by atoms with van der Waals surface area (Å²) in [6.07, 6.45) is 3.43. The zero-order valence-corrected chi connectivity index (χ0v) is 17.3. The normalized spacial score (nSPS) is 16.0. The second kappa shape index (κ2) is 10.3. The number of nitrogens with zero attached hydrogens (tertiary/aromatic N) is 2. The van der Waals surface area contributed by atoms with Crippen LogP contribution in [0.3, 0.4) is 0 Å². The Bertz CT molecular complexity index is 986. The number of nitrogens with one attached hydrogen (secondary N) is 1. The van der Waals surface area contributed by atoms with Gasteiger partial charge in [-0.15, -0.1) is 0 Å². The number of hydrogen-bond donors (Lipinski definition) is 1. The van der Waals surface area contributed by atoms with Crippen LogP contribution in [0, 0.1) is 5.82 Å². The van der Waals surface area contributed by atoms with E-state index in [1.807, 2.05) is 36.4 Å². The Kier molecular flexibility index (Phi) is 7.07. The number of carbonyl (C=O) groups excluding carboxylic acids is 1. The second-order valence-corrected chi connectivity index (χ2v) is 7.73. The molecular weight excluding hydrogens is 397 g/mol. The number of carbonyl (C=O) groups is 1. The largest absolute Gasteiger partial charge is 0.447 e. The Morgan fingerprint density at radius 2 is 1.90 bits per heavy atom. The first-order valence-electron chi connectivity index (χ1n) is 10.5. The minimum atomic E-state index is -0.273. The molecule has 3 aromatic rings. The molecule has 2 aromatic carbocycles. The molecule has 0 radical (unpaired) electrons. The van der Waals surface area contributed by atoms with Crippen molar-refractivity contribution < 1.29 is 18.3 Å². The fourth-order valence-corrected chi connectivity index (χ4v) is 3.68. The lowest BCUT2D eigenvalue weighted by atomic mass is 10.1. The molecule has 1 fully saturated rings. The molecule has 4 rings (SSSR count). The average Bonchev–Trinajstić information content (AvgIpc) is 3.45. The monoisotopic (exact) mass is 423 g/mol. The molecule has 162 valence electrons. The number of benzene rings is 2. The van der Waals surface area contributed by atoms with Crippen molar-refractivity contribution in [2.45, 2.75) is 38.6 Å². The summed E-state index contributed by atoms with van der Waals surface area (Å²) < 4.78 is 24.7. The summed E-state index contributed by atoms with van der Waals surface area (Å²) in [5, 5.41) is 2.85. The SMILES string of the molecule is O=C(NC[C@@H]1CCCO1)c1coc(CN(Cc2ccccc2)Cc2cccc(F)c2)n1. The van der Waals surface area contributed by atoms with Gasteiger partial charge in [0.2, 0.25) is 5.89 Å². The van der Waals surface area contributed by atoms with Gasteiger partial charge in [0, 0.05) is 26.2 Å². The lowest BCUT2D eigenvalue weighted by Crippen LogP contribution is -2.32. The van der Waals surface area contributed by atoms with Crippen LogP contribution in [-0.4, -0.2) is 35.0 Å². The van der Waals surface area contributed by atoms with Crippen LogP contribution < -0.4 is 5.32 Å². The number of aromatic nitrogens is 1. The number of halogens is 1. The number of rotatable bonds is 9. The Hall–Kier alpha value is -3.03. The molecule has 0 aliphatic carbocycles. The van der Waals surface area contributed by atoms with Crippen LogP contribution in [0.1, 0.15) is 40.3 Å². The van der Waals surface area contributed by atoms with Gasteiger partial charge in [-0.25, -0.2) is 9.37 Å². The molecule has 0 unspecified atom stereocenters. The van der Waals surface area contributed by atoms with E-state index in [-0.39, 0.29) is 23.5 Å². The second-order valence-electron chi connectivity index (χ2n) is 7.73. The van der Waals surface area contributed by atoms with Gasteiger partial charge in [0.1, 0.15) is 12.1 Å². The van der Waals surface area contributed by atoms with Crippen molar-refractivity contribution in [3.63, 3.8) is 0 Å². The lowest BCUT2D eigenvalue weighted by molar-refractivity contribution is 0.0853. The average molecular weight is 423 g/mol. The van der Waals surface area contributed by atoms with Crippen LogP contribution in [0.15, 0.2) is 65.3 Å². The van der Waals surface area contributed by atoms with E-state index in [2.05, 4.69) is 15.2 Å². The number of oxazole rings is 1. The predicted molar refractivity (Wildman–Crippen MR) is 114 cm³/mol. The summed E-state index contributed by atoms with van der Waals surface area (Å²) in [6.45, 7) is 2.78. The van der Waals surface area contributed by atoms with Crippen LogP contribution >= 0.6 is 0 Å². The summed E-state index contributed by atoms with van der Waals surface area (Å²) in [4.78, 5) is 18.8. The van der Waals surface area contributed by atoms with Crippen molar-refractivity contribution in [1.29, 1.82) is 0 Å². The first-order valence-corrected chi connectivity index (χ1v) is 10.5. The summed E-state index contributed by atoms with van der Waals surface area (Å²) >= 11 is 0. The van der Waals surface area contributed by atoms with Crippen LogP contribution in [0.25, 0.3) is 0 Å². The summed E-state index contributed by atoms with van der Waals surface area (Å²) in [5.74, 6) is -0.0988. The highest BCUT2D eigenvalue weighted by atomic mass is 19.1. The van der Waals surface area contributed by atoms with Crippen LogP contribution in [0.4, 0.5) is 4.39 Å². The van der Waals surface area contributed by atoms with Gasteiger partial charge < -0.3 is 14.5 Å². The standard InChI is InChI=1S/C24H26FN3O3/c25-20-9-4-8-19(12-20)15-28(14-18-6-2-1-3-7-18)16-23-27-22(17-31-23)24(29)26-13-21-10-5-11-30-21/h1-4,6-9,12,17,21H,5,10-11,13-16H2,(H,26,29)/t21-/m0/s1. The van der Waals surface area contributed by atoms with Crippen LogP contribution in [-0.2, 0) is 24.4 Å². The zero-order chi connectivity index (χ0) is 21.5. The van der Waals surface area contributed by atoms with Crippen LogP contribution in [0.5, 0.6) is 0 Å². The molecule has 2 heterocycles. The van der Waals surface area contributed by atoms with Crippen molar-refractivity contribution in [2.75, 3.05) is 13.2 Å². The number of amides is 1. The number of ether oxygens (including phenoxy) is 1. The molecule has 6 nitrogen and oxygen atoms in total. The number of hydrogen-bond acceptors (Lipinski definition) is 5. The van der Waals surface area contributed by atoms with E-state index in [1.165, 1.54) is 18.4 Å². The van der Waals surface area contributed by atoms with E-state index in [0.29, 0.717) is 32.1 Å². The summed E-state index contributed by atoms with van der Waals surface area (Å²) in [6, 6.07) is 16.6. The molecule has 31 heavy (non-hydrogen) atoms. The van der Waals surface area contributed by atoms with E-state index < -0.39 is 0 Å². The molecular formula is C24H26FN3O3. The molecule has 1 saturated heterocycles. The van der Waals surface area contributed by atoms with Gasteiger partial charge in [0.25, 0.3) is 5.91 Å². The molecule has 1 atom stereocenters. The van der Waals surface area contributed by atoms with E-state index in [1.54, 1.807) is 6.07 Å². The van der Waals surface area contributed by atoms with Crippen molar-refractivity contribution >= 4 is 5.91 Å². The molecule has 0 bridgehead atoms. The molecule has 1 amide bonds. The van der Waals surface area contributed by atoms with Gasteiger partial charge in [0.15, 0.2) is 5.69 Å². The highest BCUT2D eigenvalue weighted by molar-refractivity contribution is 5.91. The molecule has 1 N–H and O–H groups in total. The van der Waals surface area contributed by atoms with E-state index in [9.17, 15) is 9.18 Å². The Morgan fingerprint density at radius 1 is 1.10 bits per heavy atom. The predicted octanol–water partition coefficient (Wildman–Crippen LogP) is 3.92. The highest BCUT2D eigenvalue weighted by Gasteiger charge is 2.19. The Morgan fingerprint density at radius 3 is 2.68 bits per heavy atom. The maximum atomic E-state index is 13.6. The van der Waals surface area contributed by atoms with Crippen molar-refractivity contribution in [3.05, 3.63) is 89.4 Å².